The molecule has 1 amide bonds. The number of likely N-dealkylation sites (N-methyl/N-ethyl adjacent to an activating group) is 1. The maximum Gasteiger partial charge on any atom is 0.344 e. The maximum atomic E-state index is 12.3. The molecule has 0 fully saturated rings. The lowest BCUT2D eigenvalue weighted by Gasteiger charge is -2.12. The van der Waals surface area contributed by atoms with Gasteiger partial charge in [0.1, 0.15) is 5.75 Å². The molecule has 1 aliphatic rings. The molecule has 0 saturated heterocycles. The number of anilines is 1. The Kier molecular flexibility index (Phi) is 6.01. The van der Waals surface area contributed by atoms with Crippen LogP contribution in [0.4, 0.5) is 5.69 Å². The number of carbonyl (C=O) groups is 3. The Balaban J connectivity index is 1.54. The van der Waals surface area contributed by atoms with Crippen LogP contribution >= 0.6 is 0 Å². The lowest BCUT2D eigenvalue weighted by molar-refractivity contribution is -0.144. The number of hydrogen-bond acceptors (Lipinski definition) is 5. The second-order valence-corrected chi connectivity index (χ2v) is 7.53. The zero-order valence-corrected chi connectivity index (χ0v) is 17.2. The molecule has 29 heavy (non-hydrogen) atoms. The van der Waals surface area contributed by atoms with Gasteiger partial charge in [-0.2, -0.15) is 0 Å². The molecular weight excluding hydrogens is 370 g/mol. The van der Waals surface area contributed by atoms with Crippen molar-refractivity contribution < 1.29 is 23.9 Å². The van der Waals surface area contributed by atoms with Gasteiger partial charge in [0.15, 0.2) is 19.0 Å². The van der Waals surface area contributed by atoms with Crippen molar-refractivity contribution in [3.05, 3.63) is 58.7 Å². The SMILES string of the molecule is Cc1ccc(C(C)C)cc1OCC(=O)OCC(=O)c1ccc2c(c1)CC(=O)N2C. The molecule has 0 radical (unpaired) electrons. The number of amides is 1. The van der Waals surface area contributed by atoms with Crippen molar-refractivity contribution in [2.45, 2.75) is 33.1 Å². The molecule has 6 nitrogen and oxygen atoms in total. The fourth-order valence-electron chi connectivity index (χ4n) is 3.18. The smallest absolute Gasteiger partial charge is 0.344 e. The van der Waals surface area contributed by atoms with E-state index in [0.717, 1.165) is 22.4 Å². The normalized spacial score (nSPS) is 12.9. The number of carbonyl (C=O) groups excluding carboxylic acids is 3. The van der Waals surface area contributed by atoms with E-state index in [2.05, 4.69) is 13.8 Å². The summed E-state index contributed by atoms with van der Waals surface area (Å²) in [6.07, 6.45) is 0.273. The topological polar surface area (TPSA) is 72.9 Å². The van der Waals surface area contributed by atoms with E-state index < -0.39 is 5.97 Å². The van der Waals surface area contributed by atoms with E-state index in [1.807, 2.05) is 25.1 Å². The average molecular weight is 395 g/mol. The molecule has 0 bridgehead atoms. The molecule has 0 unspecified atom stereocenters. The largest absolute Gasteiger partial charge is 0.482 e. The summed E-state index contributed by atoms with van der Waals surface area (Å²) < 4.78 is 10.7. The van der Waals surface area contributed by atoms with Crippen LogP contribution in [0.3, 0.4) is 0 Å². The van der Waals surface area contributed by atoms with E-state index in [0.29, 0.717) is 17.2 Å². The van der Waals surface area contributed by atoms with Gasteiger partial charge < -0.3 is 14.4 Å². The Bertz CT molecular complexity index is 964. The zero-order valence-electron chi connectivity index (χ0n) is 17.2. The standard InChI is InChI=1S/C23H25NO5/c1-14(2)16-6-5-15(3)21(10-16)28-13-23(27)29-12-20(25)17-7-8-19-18(9-17)11-22(26)24(19)4/h5-10,14H,11-13H2,1-4H3. The van der Waals surface area contributed by atoms with E-state index in [4.69, 9.17) is 9.47 Å². The van der Waals surface area contributed by atoms with E-state index >= 15 is 0 Å². The minimum Gasteiger partial charge on any atom is -0.482 e. The van der Waals surface area contributed by atoms with Gasteiger partial charge in [-0.05, 0) is 53.8 Å². The molecule has 0 aromatic heterocycles. The molecule has 1 heterocycles. The van der Waals surface area contributed by atoms with Gasteiger partial charge in [-0.15, -0.1) is 0 Å². The summed E-state index contributed by atoms with van der Waals surface area (Å²) in [5.41, 5.74) is 4.07. The second-order valence-electron chi connectivity index (χ2n) is 7.53. The lowest BCUT2D eigenvalue weighted by atomic mass is 10.0. The van der Waals surface area contributed by atoms with Crippen LogP contribution in [0.15, 0.2) is 36.4 Å². The van der Waals surface area contributed by atoms with Crippen molar-refractivity contribution in [3.63, 3.8) is 0 Å². The Morgan fingerprint density at radius 1 is 1.10 bits per heavy atom. The Labute approximate surface area is 170 Å². The molecule has 2 aromatic carbocycles. The van der Waals surface area contributed by atoms with Gasteiger partial charge in [-0.1, -0.05) is 26.0 Å². The molecule has 0 atom stereocenters. The van der Waals surface area contributed by atoms with Crippen molar-refractivity contribution in [2.75, 3.05) is 25.2 Å². The summed E-state index contributed by atoms with van der Waals surface area (Å²) in [6.45, 7) is 5.45. The number of esters is 1. The highest BCUT2D eigenvalue weighted by molar-refractivity contribution is 6.03. The highest BCUT2D eigenvalue weighted by atomic mass is 16.6. The first-order valence-electron chi connectivity index (χ1n) is 9.58. The molecule has 0 spiro atoms. The number of ketones is 1. The molecular formula is C23H25NO5. The second kappa shape index (κ2) is 8.47. The number of benzene rings is 2. The number of nitrogens with zero attached hydrogens (tertiary/aromatic N) is 1. The minimum absolute atomic E-state index is 0.00925. The number of Topliss-reactive ketones (excluding diaryl/α,β-unsaturated/α-hetero) is 1. The average Bonchev–Trinajstić information content (AvgIpc) is 2.98. The number of fused-ring (bicyclic) bond motifs is 1. The van der Waals surface area contributed by atoms with Crippen molar-refractivity contribution in [1.29, 1.82) is 0 Å². The molecule has 0 aliphatic carbocycles. The van der Waals surface area contributed by atoms with Crippen LogP contribution < -0.4 is 9.64 Å². The van der Waals surface area contributed by atoms with Crippen LogP contribution in [0.5, 0.6) is 5.75 Å². The first kappa shape index (κ1) is 20.6. The summed E-state index contributed by atoms with van der Waals surface area (Å²) in [5.74, 6) is 0.0479. The number of rotatable bonds is 7. The monoisotopic (exact) mass is 395 g/mol. The van der Waals surface area contributed by atoms with E-state index in [9.17, 15) is 14.4 Å². The van der Waals surface area contributed by atoms with Gasteiger partial charge in [-0.3, -0.25) is 9.59 Å². The van der Waals surface area contributed by atoms with Gasteiger partial charge in [0, 0.05) is 18.3 Å². The summed E-state index contributed by atoms with van der Waals surface area (Å²) in [4.78, 5) is 37.7. The third kappa shape index (κ3) is 4.65. The van der Waals surface area contributed by atoms with Crippen molar-refractivity contribution in [3.8, 4) is 5.75 Å². The van der Waals surface area contributed by atoms with Crippen molar-refractivity contribution in [1.82, 2.24) is 0 Å². The van der Waals surface area contributed by atoms with Gasteiger partial charge >= 0.3 is 5.97 Å². The molecule has 3 rings (SSSR count). The Morgan fingerprint density at radius 3 is 2.59 bits per heavy atom. The number of hydrogen-bond donors (Lipinski definition) is 0. The summed E-state index contributed by atoms with van der Waals surface area (Å²) in [6, 6.07) is 11.0. The van der Waals surface area contributed by atoms with Crippen molar-refractivity contribution in [2.24, 2.45) is 0 Å². The number of aryl methyl sites for hydroxylation is 1. The third-order valence-electron chi connectivity index (χ3n) is 5.07. The molecule has 0 N–H and O–H groups in total. The summed E-state index contributed by atoms with van der Waals surface area (Å²) in [7, 11) is 1.70. The van der Waals surface area contributed by atoms with Gasteiger partial charge in [0.05, 0.1) is 6.42 Å². The fraction of sp³-hybridized carbons (Fsp3) is 0.348. The Morgan fingerprint density at radius 2 is 1.86 bits per heavy atom. The molecule has 2 aromatic rings. The van der Waals surface area contributed by atoms with Gasteiger partial charge in [-0.25, -0.2) is 4.79 Å². The fourth-order valence-corrected chi connectivity index (χ4v) is 3.18. The maximum absolute atomic E-state index is 12.3. The summed E-state index contributed by atoms with van der Waals surface area (Å²) in [5, 5.41) is 0. The quantitative estimate of drug-likeness (QED) is 0.530. The number of ether oxygens (including phenoxy) is 2. The van der Waals surface area contributed by atoms with Crippen LogP contribution in [0.1, 0.15) is 46.8 Å². The van der Waals surface area contributed by atoms with E-state index in [1.54, 1.807) is 30.1 Å². The van der Waals surface area contributed by atoms with Crippen LogP contribution in [0, 0.1) is 6.92 Å². The third-order valence-corrected chi connectivity index (χ3v) is 5.07. The lowest BCUT2D eigenvalue weighted by Crippen LogP contribution is -2.20. The first-order chi connectivity index (χ1) is 13.8. The molecule has 152 valence electrons. The van der Waals surface area contributed by atoms with Crippen LogP contribution in [0.25, 0.3) is 0 Å². The molecule has 6 heteroatoms. The summed E-state index contributed by atoms with van der Waals surface area (Å²) >= 11 is 0. The van der Waals surface area contributed by atoms with Gasteiger partial charge in [0.2, 0.25) is 5.91 Å². The van der Waals surface area contributed by atoms with Crippen molar-refractivity contribution >= 4 is 23.3 Å². The van der Waals surface area contributed by atoms with E-state index in [1.165, 1.54) is 0 Å². The predicted octanol–water partition coefficient (Wildman–Crippen LogP) is 3.44. The minimum atomic E-state index is -0.608. The predicted molar refractivity (Wildman–Crippen MR) is 110 cm³/mol. The van der Waals surface area contributed by atoms with Crippen LogP contribution in [0.2, 0.25) is 0 Å². The highest BCUT2D eigenvalue weighted by Gasteiger charge is 2.25. The zero-order chi connectivity index (χ0) is 21.1. The first-order valence-corrected chi connectivity index (χ1v) is 9.58. The highest BCUT2D eigenvalue weighted by Crippen LogP contribution is 2.28. The van der Waals surface area contributed by atoms with E-state index in [-0.39, 0.29) is 31.3 Å². The molecule has 1 aliphatic heterocycles. The molecule has 0 saturated carbocycles. The van der Waals surface area contributed by atoms with Crippen LogP contribution in [-0.4, -0.2) is 37.9 Å². The Hall–Kier alpha value is -3.15. The van der Waals surface area contributed by atoms with Crippen LogP contribution in [-0.2, 0) is 20.7 Å². The van der Waals surface area contributed by atoms with Gasteiger partial charge in [0.25, 0.3) is 0 Å².